The molecule has 21 heavy (non-hydrogen) atoms. The summed E-state index contributed by atoms with van der Waals surface area (Å²) in [5.41, 5.74) is 5.13. The number of benzene rings is 3. The van der Waals surface area contributed by atoms with E-state index in [1.807, 2.05) is 91.0 Å². The molecule has 0 saturated heterocycles. The van der Waals surface area contributed by atoms with E-state index in [0.29, 0.717) is 0 Å². The number of para-hydroxylation sites is 3. The van der Waals surface area contributed by atoms with Gasteiger partial charge in [0.15, 0.2) is 5.75 Å². The Hall–Kier alpha value is -2.94. The van der Waals surface area contributed by atoms with Crippen LogP contribution in [0, 0.1) is 0 Å². The van der Waals surface area contributed by atoms with Crippen molar-refractivity contribution in [1.29, 1.82) is 0 Å². The minimum Gasteiger partial charge on any atom is -0.359 e. The summed E-state index contributed by atoms with van der Waals surface area (Å²) in [6.45, 7) is 0. The monoisotopic (exact) mass is 276 g/mol. The molecule has 0 aliphatic rings. The predicted molar refractivity (Wildman–Crippen MR) is 86.1 cm³/mol. The quantitative estimate of drug-likeness (QED) is 0.694. The first-order valence-corrected chi connectivity index (χ1v) is 6.82. The lowest BCUT2D eigenvalue weighted by atomic mass is 10.3. The molecule has 0 bridgehead atoms. The molecule has 104 valence electrons. The standard InChI is InChI=1S/C18H16N2O/c1-4-10-16(11-5-1)19-20(17-12-6-2-7-13-17)21-18-14-8-3-9-15-18/h1-15,19H. The number of hydrazine groups is 1. The Balaban J connectivity index is 1.84. The van der Waals surface area contributed by atoms with Gasteiger partial charge in [0.05, 0.1) is 11.4 Å². The van der Waals surface area contributed by atoms with Gasteiger partial charge in [0.1, 0.15) is 0 Å². The van der Waals surface area contributed by atoms with Gasteiger partial charge >= 0.3 is 0 Å². The number of nitrogens with zero attached hydrogens (tertiary/aromatic N) is 1. The van der Waals surface area contributed by atoms with E-state index in [2.05, 4.69) is 5.43 Å². The van der Waals surface area contributed by atoms with E-state index >= 15 is 0 Å². The van der Waals surface area contributed by atoms with E-state index < -0.39 is 0 Å². The average molecular weight is 276 g/mol. The lowest BCUT2D eigenvalue weighted by molar-refractivity contribution is 0.301. The predicted octanol–water partition coefficient (Wildman–Crippen LogP) is 4.51. The number of hydrogen-bond donors (Lipinski definition) is 1. The summed E-state index contributed by atoms with van der Waals surface area (Å²) in [5.74, 6) is 0.768. The summed E-state index contributed by atoms with van der Waals surface area (Å²) in [7, 11) is 0. The third-order valence-corrected chi connectivity index (χ3v) is 2.94. The van der Waals surface area contributed by atoms with Gasteiger partial charge in [-0.05, 0) is 36.4 Å². The number of nitrogens with one attached hydrogen (secondary N) is 1. The first kappa shape index (κ1) is 13.1. The van der Waals surface area contributed by atoms with Crippen LogP contribution in [0.5, 0.6) is 5.75 Å². The molecule has 3 nitrogen and oxygen atoms in total. The van der Waals surface area contributed by atoms with E-state index in [-0.39, 0.29) is 0 Å². The second-order valence-corrected chi connectivity index (χ2v) is 4.51. The van der Waals surface area contributed by atoms with Crippen molar-refractivity contribution in [1.82, 2.24) is 0 Å². The van der Waals surface area contributed by atoms with Gasteiger partial charge in [-0.15, -0.1) is 5.17 Å². The molecule has 0 aliphatic heterocycles. The Bertz CT molecular complexity index is 615. The van der Waals surface area contributed by atoms with Crippen molar-refractivity contribution in [2.45, 2.75) is 0 Å². The van der Waals surface area contributed by atoms with Crippen LogP contribution in [0.1, 0.15) is 0 Å². The van der Waals surface area contributed by atoms with Gasteiger partial charge in [-0.25, -0.2) is 0 Å². The molecular formula is C18H16N2O. The highest BCUT2D eigenvalue weighted by Gasteiger charge is 2.08. The molecular weight excluding hydrogens is 260 g/mol. The maximum Gasteiger partial charge on any atom is 0.157 e. The number of rotatable bonds is 5. The Kier molecular flexibility index (Phi) is 4.03. The van der Waals surface area contributed by atoms with Gasteiger partial charge in [-0.2, -0.15) is 0 Å². The fourth-order valence-corrected chi connectivity index (χ4v) is 1.92. The van der Waals surface area contributed by atoms with Crippen molar-refractivity contribution in [3.8, 4) is 5.75 Å². The molecule has 0 saturated carbocycles. The Morgan fingerprint density at radius 1 is 0.619 bits per heavy atom. The molecule has 1 N–H and O–H groups in total. The third kappa shape index (κ3) is 3.54. The minimum absolute atomic E-state index is 0.768. The van der Waals surface area contributed by atoms with Crippen LogP contribution in [0.25, 0.3) is 0 Å². The number of hydrogen-bond acceptors (Lipinski definition) is 3. The normalized spacial score (nSPS) is 9.90. The van der Waals surface area contributed by atoms with E-state index in [0.717, 1.165) is 17.1 Å². The second kappa shape index (κ2) is 6.48. The van der Waals surface area contributed by atoms with Crippen molar-refractivity contribution in [2.24, 2.45) is 0 Å². The molecule has 3 aromatic carbocycles. The van der Waals surface area contributed by atoms with Crippen LogP contribution in [0.3, 0.4) is 0 Å². The first-order chi connectivity index (χ1) is 10.4. The maximum atomic E-state index is 5.93. The summed E-state index contributed by atoms with van der Waals surface area (Å²) < 4.78 is 0. The van der Waals surface area contributed by atoms with Crippen molar-refractivity contribution < 1.29 is 4.84 Å². The molecule has 0 fully saturated rings. The Morgan fingerprint density at radius 2 is 1.14 bits per heavy atom. The van der Waals surface area contributed by atoms with Gasteiger partial charge < -0.3 is 4.84 Å². The fourth-order valence-electron chi connectivity index (χ4n) is 1.92. The number of anilines is 2. The van der Waals surface area contributed by atoms with E-state index in [1.54, 1.807) is 5.17 Å². The van der Waals surface area contributed by atoms with E-state index in [4.69, 9.17) is 4.84 Å². The molecule has 0 aromatic heterocycles. The van der Waals surface area contributed by atoms with Crippen molar-refractivity contribution in [3.63, 3.8) is 0 Å². The van der Waals surface area contributed by atoms with E-state index in [9.17, 15) is 0 Å². The molecule has 0 amide bonds. The molecule has 3 aromatic rings. The molecule has 3 heteroatoms. The SMILES string of the molecule is c1ccc(NN(Oc2ccccc2)c2ccccc2)cc1. The summed E-state index contributed by atoms with van der Waals surface area (Å²) in [6, 6.07) is 29.5. The summed E-state index contributed by atoms with van der Waals surface area (Å²) >= 11 is 0. The summed E-state index contributed by atoms with van der Waals surface area (Å²) in [5, 5.41) is 1.66. The van der Waals surface area contributed by atoms with Gasteiger partial charge in [0.2, 0.25) is 0 Å². The molecule has 0 spiro atoms. The van der Waals surface area contributed by atoms with Gasteiger partial charge in [-0.1, -0.05) is 54.6 Å². The topological polar surface area (TPSA) is 24.5 Å². The lowest BCUT2D eigenvalue weighted by Crippen LogP contribution is -2.33. The molecule has 0 atom stereocenters. The van der Waals surface area contributed by atoms with Gasteiger partial charge in [-0.3, -0.25) is 5.43 Å². The zero-order valence-electron chi connectivity index (χ0n) is 11.5. The highest BCUT2D eigenvalue weighted by molar-refractivity contribution is 5.53. The molecule has 0 aliphatic carbocycles. The fraction of sp³-hybridized carbons (Fsp3) is 0. The third-order valence-electron chi connectivity index (χ3n) is 2.94. The van der Waals surface area contributed by atoms with Crippen LogP contribution in [0.4, 0.5) is 11.4 Å². The Morgan fingerprint density at radius 3 is 1.76 bits per heavy atom. The van der Waals surface area contributed by atoms with Gasteiger partial charge in [0, 0.05) is 0 Å². The molecule has 0 heterocycles. The van der Waals surface area contributed by atoms with E-state index in [1.165, 1.54) is 0 Å². The van der Waals surface area contributed by atoms with Crippen molar-refractivity contribution >= 4 is 11.4 Å². The van der Waals surface area contributed by atoms with Crippen LogP contribution in [-0.2, 0) is 0 Å². The van der Waals surface area contributed by atoms with Crippen molar-refractivity contribution in [2.75, 3.05) is 10.6 Å². The van der Waals surface area contributed by atoms with Crippen LogP contribution in [-0.4, -0.2) is 0 Å². The lowest BCUT2D eigenvalue weighted by Gasteiger charge is -2.25. The molecule has 0 radical (unpaired) electrons. The largest absolute Gasteiger partial charge is 0.359 e. The smallest absolute Gasteiger partial charge is 0.157 e. The molecule has 0 unspecified atom stereocenters. The summed E-state index contributed by atoms with van der Waals surface area (Å²) in [6.07, 6.45) is 0. The zero-order chi connectivity index (χ0) is 14.3. The highest BCUT2D eigenvalue weighted by Crippen LogP contribution is 2.19. The van der Waals surface area contributed by atoms with Crippen molar-refractivity contribution in [3.05, 3.63) is 91.0 Å². The van der Waals surface area contributed by atoms with Gasteiger partial charge in [0.25, 0.3) is 0 Å². The van der Waals surface area contributed by atoms with Crippen LogP contribution < -0.4 is 15.4 Å². The molecule has 3 rings (SSSR count). The minimum atomic E-state index is 0.768. The summed E-state index contributed by atoms with van der Waals surface area (Å²) in [4.78, 5) is 5.93. The first-order valence-electron chi connectivity index (χ1n) is 6.82. The average Bonchev–Trinajstić information content (AvgIpc) is 2.57. The van der Waals surface area contributed by atoms with Crippen LogP contribution in [0.2, 0.25) is 0 Å². The highest BCUT2D eigenvalue weighted by atomic mass is 16.7. The van der Waals surface area contributed by atoms with Crippen LogP contribution >= 0.6 is 0 Å². The maximum absolute atomic E-state index is 5.93. The zero-order valence-corrected chi connectivity index (χ0v) is 11.5. The van der Waals surface area contributed by atoms with Crippen LogP contribution in [0.15, 0.2) is 91.0 Å². The Labute approximate surface area is 124 Å². The second-order valence-electron chi connectivity index (χ2n) is 4.51.